The quantitative estimate of drug-likeness (QED) is 0.378. The average Bonchev–Trinajstić information content (AvgIpc) is 3.30. The van der Waals surface area contributed by atoms with Crippen molar-refractivity contribution in [1.29, 1.82) is 5.26 Å². The highest BCUT2D eigenvalue weighted by Crippen LogP contribution is 2.20. The lowest BCUT2D eigenvalue weighted by atomic mass is 10.1. The van der Waals surface area contributed by atoms with E-state index in [2.05, 4.69) is 21.7 Å². The summed E-state index contributed by atoms with van der Waals surface area (Å²) in [5.41, 5.74) is 3.16. The van der Waals surface area contributed by atoms with Gasteiger partial charge in [-0.2, -0.15) is 5.26 Å². The predicted molar refractivity (Wildman–Crippen MR) is 131 cm³/mol. The number of hydrogen-bond acceptors (Lipinski definition) is 6. The van der Waals surface area contributed by atoms with Crippen molar-refractivity contribution in [2.75, 3.05) is 10.6 Å². The van der Waals surface area contributed by atoms with E-state index in [9.17, 15) is 9.59 Å². The lowest BCUT2D eigenvalue weighted by Crippen LogP contribution is -2.15. The van der Waals surface area contributed by atoms with Crippen LogP contribution in [-0.2, 0) is 17.8 Å². The normalized spacial score (nSPS) is 10.2. The molecule has 7 nitrogen and oxygen atoms in total. The van der Waals surface area contributed by atoms with Gasteiger partial charge in [-0.15, -0.1) is 11.3 Å². The molecule has 1 heterocycles. The first-order chi connectivity index (χ1) is 16.6. The summed E-state index contributed by atoms with van der Waals surface area (Å²) in [4.78, 5) is 29.1. The van der Waals surface area contributed by atoms with Crippen molar-refractivity contribution in [1.82, 2.24) is 4.98 Å². The van der Waals surface area contributed by atoms with E-state index in [0.717, 1.165) is 5.56 Å². The summed E-state index contributed by atoms with van der Waals surface area (Å²) in [5, 5.41) is 16.8. The van der Waals surface area contributed by atoms with Crippen LogP contribution in [0.15, 0.2) is 84.2 Å². The van der Waals surface area contributed by atoms with E-state index in [1.165, 1.54) is 11.3 Å². The third kappa shape index (κ3) is 6.28. The summed E-state index contributed by atoms with van der Waals surface area (Å²) < 4.78 is 5.80. The molecular weight excluding hydrogens is 448 g/mol. The minimum absolute atomic E-state index is 0.0732. The maximum atomic E-state index is 12.5. The number of nitrogens with zero attached hydrogens (tertiary/aromatic N) is 2. The Bertz CT molecular complexity index is 1350. The van der Waals surface area contributed by atoms with Crippen LogP contribution in [0.3, 0.4) is 0 Å². The van der Waals surface area contributed by atoms with Gasteiger partial charge in [-0.1, -0.05) is 36.4 Å². The molecule has 0 spiro atoms. The topological polar surface area (TPSA) is 104 Å². The van der Waals surface area contributed by atoms with Crippen LogP contribution in [0.5, 0.6) is 5.75 Å². The van der Waals surface area contributed by atoms with Gasteiger partial charge in [0.1, 0.15) is 12.4 Å². The smallest absolute Gasteiger partial charge is 0.257 e. The second-order valence-electron chi connectivity index (χ2n) is 7.32. The Balaban J connectivity index is 1.30. The number of ether oxygens (including phenoxy) is 1. The van der Waals surface area contributed by atoms with E-state index in [1.807, 2.05) is 18.2 Å². The molecular formula is C26H20N4O3S. The van der Waals surface area contributed by atoms with Crippen LogP contribution < -0.4 is 15.4 Å². The molecule has 1 aromatic heterocycles. The summed E-state index contributed by atoms with van der Waals surface area (Å²) >= 11 is 1.27. The van der Waals surface area contributed by atoms with Gasteiger partial charge in [0.25, 0.3) is 5.91 Å². The van der Waals surface area contributed by atoms with Crippen LogP contribution >= 0.6 is 11.3 Å². The van der Waals surface area contributed by atoms with Gasteiger partial charge in [-0.3, -0.25) is 14.9 Å². The Morgan fingerprint density at radius 1 is 0.971 bits per heavy atom. The van der Waals surface area contributed by atoms with Gasteiger partial charge in [0.15, 0.2) is 5.13 Å². The van der Waals surface area contributed by atoms with Gasteiger partial charge in [0.2, 0.25) is 5.91 Å². The number of carbonyl (C=O) groups is 2. The highest BCUT2D eigenvalue weighted by Gasteiger charge is 2.12. The summed E-state index contributed by atoms with van der Waals surface area (Å²) in [5.74, 6) is 0.118. The molecule has 0 aliphatic heterocycles. The van der Waals surface area contributed by atoms with E-state index >= 15 is 0 Å². The van der Waals surface area contributed by atoms with Gasteiger partial charge >= 0.3 is 0 Å². The van der Waals surface area contributed by atoms with Gasteiger partial charge in [-0.25, -0.2) is 4.98 Å². The molecule has 0 aliphatic carbocycles. The van der Waals surface area contributed by atoms with Crippen molar-refractivity contribution < 1.29 is 14.3 Å². The van der Waals surface area contributed by atoms with Crippen molar-refractivity contribution in [3.63, 3.8) is 0 Å². The maximum Gasteiger partial charge on any atom is 0.257 e. The fourth-order valence-electron chi connectivity index (χ4n) is 3.14. The molecule has 34 heavy (non-hydrogen) atoms. The minimum atomic E-state index is -0.248. The van der Waals surface area contributed by atoms with Crippen molar-refractivity contribution in [3.8, 4) is 11.8 Å². The number of anilines is 2. The van der Waals surface area contributed by atoms with E-state index in [0.29, 0.717) is 40.0 Å². The summed E-state index contributed by atoms with van der Waals surface area (Å²) in [6, 6.07) is 25.3. The third-order valence-corrected chi connectivity index (χ3v) is 5.54. The zero-order valence-corrected chi connectivity index (χ0v) is 18.8. The van der Waals surface area contributed by atoms with E-state index in [4.69, 9.17) is 10.00 Å². The van der Waals surface area contributed by atoms with Gasteiger partial charge in [-0.05, 0) is 42.0 Å². The van der Waals surface area contributed by atoms with Crippen LogP contribution in [0.25, 0.3) is 0 Å². The molecule has 4 rings (SSSR count). The highest BCUT2D eigenvalue weighted by atomic mass is 32.1. The SMILES string of the molecule is N#Cc1cccc(COc2cccc(NC(=O)Cc3csc(NC(=O)c4ccccc4)n3)c2)c1. The molecule has 0 unspecified atom stereocenters. The lowest BCUT2D eigenvalue weighted by Gasteiger charge is -2.09. The van der Waals surface area contributed by atoms with Crippen LogP contribution in [-0.4, -0.2) is 16.8 Å². The number of nitrogens with one attached hydrogen (secondary N) is 2. The minimum Gasteiger partial charge on any atom is -0.489 e. The third-order valence-electron chi connectivity index (χ3n) is 4.73. The molecule has 8 heteroatoms. The van der Waals surface area contributed by atoms with E-state index < -0.39 is 0 Å². The Kier molecular flexibility index (Phi) is 7.28. The van der Waals surface area contributed by atoms with Crippen molar-refractivity contribution in [2.45, 2.75) is 13.0 Å². The Hall–Kier alpha value is -4.48. The molecule has 2 N–H and O–H groups in total. The number of carbonyl (C=O) groups excluding carboxylic acids is 2. The molecule has 4 aromatic rings. The molecule has 168 valence electrons. The molecule has 3 aromatic carbocycles. The van der Waals surface area contributed by atoms with Crippen LogP contribution in [0.4, 0.5) is 10.8 Å². The zero-order chi connectivity index (χ0) is 23.8. The second kappa shape index (κ2) is 10.9. The average molecular weight is 469 g/mol. The van der Waals surface area contributed by atoms with Crippen molar-refractivity contribution in [3.05, 3.63) is 107 Å². The first kappa shape index (κ1) is 22.7. The fraction of sp³-hybridized carbons (Fsp3) is 0.0769. The second-order valence-corrected chi connectivity index (χ2v) is 8.18. The first-order valence-electron chi connectivity index (χ1n) is 10.4. The molecule has 0 fully saturated rings. The number of amides is 2. The Morgan fingerprint density at radius 2 is 1.79 bits per heavy atom. The standard InChI is InChI=1S/C26H20N4O3S/c27-15-18-6-4-7-19(12-18)16-33-23-11-5-10-21(13-23)28-24(31)14-22-17-34-26(29-22)30-25(32)20-8-2-1-3-9-20/h1-13,17H,14,16H2,(H,28,31)(H,29,30,32). The van der Waals surface area contributed by atoms with Gasteiger partial charge < -0.3 is 10.1 Å². The number of aromatic nitrogens is 1. The van der Waals surface area contributed by atoms with Gasteiger partial charge in [0, 0.05) is 22.7 Å². The molecule has 0 aliphatic rings. The van der Waals surface area contributed by atoms with E-state index in [1.54, 1.807) is 66.0 Å². The molecule has 2 amide bonds. The number of thiazole rings is 1. The predicted octanol–water partition coefficient (Wildman–Crippen LogP) is 5.03. The molecule has 0 atom stereocenters. The number of nitriles is 1. The van der Waals surface area contributed by atoms with Crippen LogP contribution in [0, 0.1) is 11.3 Å². The summed E-state index contributed by atoms with van der Waals surface area (Å²) in [7, 11) is 0. The maximum absolute atomic E-state index is 12.5. The van der Waals surface area contributed by atoms with Crippen LogP contribution in [0.2, 0.25) is 0 Å². The lowest BCUT2D eigenvalue weighted by molar-refractivity contribution is -0.115. The molecule has 0 saturated carbocycles. The fourth-order valence-corrected chi connectivity index (χ4v) is 3.84. The largest absolute Gasteiger partial charge is 0.489 e. The number of benzene rings is 3. The molecule has 0 saturated heterocycles. The Labute approximate surface area is 200 Å². The van der Waals surface area contributed by atoms with Gasteiger partial charge in [0.05, 0.1) is 23.7 Å². The highest BCUT2D eigenvalue weighted by molar-refractivity contribution is 7.14. The van der Waals surface area contributed by atoms with Crippen molar-refractivity contribution in [2.24, 2.45) is 0 Å². The molecule has 0 radical (unpaired) electrons. The molecule has 0 bridgehead atoms. The zero-order valence-electron chi connectivity index (χ0n) is 18.0. The number of rotatable bonds is 8. The number of hydrogen-bond donors (Lipinski definition) is 2. The van der Waals surface area contributed by atoms with E-state index in [-0.39, 0.29) is 18.2 Å². The van der Waals surface area contributed by atoms with Crippen LogP contribution in [0.1, 0.15) is 27.2 Å². The first-order valence-corrected chi connectivity index (χ1v) is 11.3. The van der Waals surface area contributed by atoms with Crippen molar-refractivity contribution >= 4 is 34.0 Å². The Morgan fingerprint density at radius 3 is 2.62 bits per heavy atom. The summed E-state index contributed by atoms with van der Waals surface area (Å²) in [6.45, 7) is 0.309. The monoisotopic (exact) mass is 468 g/mol. The summed E-state index contributed by atoms with van der Waals surface area (Å²) in [6.07, 6.45) is 0.0732.